The summed E-state index contributed by atoms with van der Waals surface area (Å²) in [6.45, 7) is 3.11. The molecule has 2 aliphatic rings. The normalized spacial score (nSPS) is 19.4. The van der Waals surface area contributed by atoms with Crippen LogP contribution in [-0.4, -0.2) is 42.2 Å². The van der Waals surface area contributed by atoms with Gasteiger partial charge in [0.1, 0.15) is 0 Å². The van der Waals surface area contributed by atoms with Gasteiger partial charge < -0.3 is 15.0 Å². The number of hydrogen-bond acceptors (Lipinski definition) is 5. The minimum absolute atomic E-state index is 0.0239. The van der Waals surface area contributed by atoms with Crippen molar-refractivity contribution in [3.63, 3.8) is 0 Å². The van der Waals surface area contributed by atoms with Crippen molar-refractivity contribution < 1.29 is 9.53 Å². The number of anilines is 1. The fourth-order valence-corrected chi connectivity index (χ4v) is 3.77. The molecule has 1 saturated heterocycles. The first-order chi connectivity index (χ1) is 13.3. The molecule has 1 N–H and O–H groups in total. The molecule has 1 aromatic carbocycles. The summed E-state index contributed by atoms with van der Waals surface area (Å²) < 4.78 is 5.40. The Labute approximate surface area is 160 Å². The van der Waals surface area contributed by atoms with E-state index in [9.17, 15) is 4.79 Å². The van der Waals surface area contributed by atoms with E-state index in [1.165, 1.54) is 5.56 Å². The molecule has 1 aromatic heterocycles. The number of aryl methyl sites for hydroxylation is 2. The smallest absolute Gasteiger partial charge is 0.225 e. The van der Waals surface area contributed by atoms with Crippen molar-refractivity contribution in [2.24, 2.45) is 0 Å². The predicted octanol–water partition coefficient (Wildman–Crippen LogP) is 2.44. The maximum atomic E-state index is 12.4. The van der Waals surface area contributed by atoms with Crippen molar-refractivity contribution in [1.82, 2.24) is 15.3 Å². The molecule has 142 valence electrons. The Bertz CT molecular complexity index is 775. The number of aromatic nitrogens is 2. The highest BCUT2D eigenvalue weighted by atomic mass is 16.5. The fraction of sp³-hybridized carbons (Fsp3) is 0.476. The number of nitrogens with one attached hydrogen (secondary N) is 1. The third-order valence-electron chi connectivity index (χ3n) is 5.28. The first kappa shape index (κ1) is 17.9. The molecule has 0 unspecified atom stereocenters. The van der Waals surface area contributed by atoms with Gasteiger partial charge in [-0.25, -0.2) is 9.97 Å². The van der Waals surface area contributed by atoms with Crippen LogP contribution in [0.15, 0.2) is 36.5 Å². The first-order valence-electron chi connectivity index (χ1n) is 9.81. The topological polar surface area (TPSA) is 67.4 Å². The van der Waals surface area contributed by atoms with Gasteiger partial charge in [0.15, 0.2) is 0 Å². The molecule has 1 atom stereocenters. The van der Waals surface area contributed by atoms with Crippen molar-refractivity contribution in [2.75, 3.05) is 31.2 Å². The van der Waals surface area contributed by atoms with E-state index in [-0.39, 0.29) is 11.9 Å². The molecule has 0 spiro atoms. The molecule has 4 rings (SSSR count). The van der Waals surface area contributed by atoms with Gasteiger partial charge in [0.2, 0.25) is 11.9 Å². The van der Waals surface area contributed by atoms with Gasteiger partial charge in [-0.1, -0.05) is 30.3 Å². The standard InChI is InChI=1S/C21H26N4O2/c26-20(10-9-16-5-2-1-3-6-16)23-18-7-4-8-19-17(18)15-22-21(24-19)25-11-13-27-14-12-25/h1-3,5-6,15,18H,4,7-14H2,(H,23,26)/t18-/m1/s1. The second-order valence-corrected chi connectivity index (χ2v) is 7.17. The molecule has 0 bridgehead atoms. The molecule has 1 fully saturated rings. The Balaban J connectivity index is 1.39. The largest absolute Gasteiger partial charge is 0.378 e. The number of fused-ring (bicyclic) bond motifs is 1. The minimum Gasteiger partial charge on any atom is -0.378 e. The Morgan fingerprint density at radius 1 is 1.22 bits per heavy atom. The van der Waals surface area contributed by atoms with Crippen LogP contribution < -0.4 is 10.2 Å². The van der Waals surface area contributed by atoms with Crippen molar-refractivity contribution in [2.45, 2.75) is 38.1 Å². The number of benzene rings is 1. The lowest BCUT2D eigenvalue weighted by atomic mass is 9.92. The third kappa shape index (κ3) is 4.45. The quantitative estimate of drug-likeness (QED) is 0.880. The van der Waals surface area contributed by atoms with E-state index in [1.807, 2.05) is 24.4 Å². The van der Waals surface area contributed by atoms with E-state index in [4.69, 9.17) is 9.72 Å². The Morgan fingerprint density at radius 3 is 2.85 bits per heavy atom. The predicted molar refractivity (Wildman–Crippen MR) is 104 cm³/mol. The van der Waals surface area contributed by atoms with Crippen molar-refractivity contribution in [3.05, 3.63) is 53.3 Å². The molecule has 2 heterocycles. The van der Waals surface area contributed by atoms with Crippen LogP contribution in [0.2, 0.25) is 0 Å². The van der Waals surface area contributed by atoms with E-state index < -0.39 is 0 Å². The summed E-state index contributed by atoms with van der Waals surface area (Å²) in [4.78, 5) is 24.0. The highest BCUT2D eigenvalue weighted by molar-refractivity contribution is 5.76. The highest BCUT2D eigenvalue weighted by Crippen LogP contribution is 2.29. The van der Waals surface area contributed by atoms with E-state index >= 15 is 0 Å². The van der Waals surface area contributed by atoms with Crippen LogP contribution in [0.25, 0.3) is 0 Å². The number of carbonyl (C=O) groups is 1. The van der Waals surface area contributed by atoms with Crippen LogP contribution in [0.5, 0.6) is 0 Å². The van der Waals surface area contributed by atoms with Crippen LogP contribution in [0, 0.1) is 0 Å². The summed E-state index contributed by atoms with van der Waals surface area (Å²) in [5, 5.41) is 3.19. The number of carbonyl (C=O) groups excluding carboxylic acids is 1. The van der Waals surface area contributed by atoms with Crippen LogP contribution in [0.4, 0.5) is 5.95 Å². The average molecular weight is 366 g/mol. The van der Waals surface area contributed by atoms with Gasteiger partial charge >= 0.3 is 0 Å². The number of amides is 1. The lowest BCUT2D eigenvalue weighted by molar-refractivity contribution is -0.121. The molecule has 0 radical (unpaired) electrons. The average Bonchev–Trinajstić information content (AvgIpc) is 2.73. The molecule has 2 aromatic rings. The number of ether oxygens (including phenoxy) is 1. The maximum absolute atomic E-state index is 12.4. The number of rotatable bonds is 5. The van der Waals surface area contributed by atoms with Gasteiger partial charge in [0, 0.05) is 31.3 Å². The zero-order valence-electron chi connectivity index (χ0n) is 15.6. The monoisotopic (exact) mass is 366 g/mol. The Kier molecular flexibility index (Phi) is 5.63. The van der Waals surface area contributed by atoms with Gasteiger partial charge in [-0.3, -0.25) is 4.79 Å². The zero-order valence-corrected chi connectivity index (χ0v) is 15.6. The molecule has 1 amide bonds. The molecular weight excluding hydrogens is 340 g/mol. The summed E-state index contributed by atoms with van der Waals surface area (Å²) in [6.07, 6.45) is 6.11. The minimum atomic E-state index is 0.0239. The maximum Gasteiger partial charge on any atom is 0.225 e. The van der Waals surface area contributed by atoms with Crippen LogP contribution in [0.3, 0.4) is 0 Å². The van der Waals surface area contributed by atoms with Crippen molar-refractivity contribution in [1.29, 1.82) is 0 Å². The van der Waals surface area contributed by atoms with E-state index in [0.29, 0.717) is 6.42 Å². The van der Waals surface area contributed by atoms with Gasteiger partial charge in [0.25, 0.3) is 0 Å². The summed E-state index contributed by atoms with van der Waals surface area (Å²) in [5.74, 6) is 0.877. The second kappa shape index (κ2) is 8.48. The van der Waals surface area contributed by atoms with Crippen molar-refractivity contribution >= 4 is 11.9 Å². The molecule has 6 nitrogen and oxygen atoms in total. The van der Waals surface area contributed by atoms with Crippen LogP contribution in [-0.2, 0) is 22.4 Å². The summed E-state index contributed by atoms with van der Waals surface area (Å²) >= 11 is 0. The molecular formula is C21H26N4O2. The molecule has 0 saturated carbocycles. The SMILES string of the molecule is O=C(CCc1ccccc1)N[C@@H]1CCCc2nc(N3CCOCC3)ncc21. The summed E-state index contributed by atoms with van der Waals surface area (Å²) in [5.41, 5.74) is 3.34. The van der Waals surface area contributed by atoms with Crippen molar-refractivity contribution in [3.8, 4) is 0 Å². The van der Waals surface area contributed by atoms with Crippen LogP contribution in [0.1, 0.15) is 42.1 Å². The second-order valence-electron chi connectivity index (χ2n) is 7.17. The van der Waals surface area contributed by atoms with E-state index in [0.717, 1.165) is 69.2 Å². The molecule has 1 aliphatic carbocycles. The Hall–Kier alpha value is -2.47. The van der Waals surface area contributed by atoms with Gasteiger partial charge in [-0.2, -0.15) is 0 Å². The Morgan fingerprint density at radius 2 is 2.04 bits per heavy atom. The first-order valence-corrected chi connectivity index (χ1v) is 9.81. The zero-order chi connectivity index (χ0) is 18.5. The highest BCUT2D eigenvalue weighted by Gasteiger charge is 2.25. The summed E-state index contributed by atoms with van der Waals surface area (Å²) in [6, 6.07) is 10.2. The summed E-state index contributed by atoms with van der Waals surface area (Å²) in [7, 11) is 0. The van der Waals surface area contributed by atoms with Gasteiger partial charge in [-0.05, 0) is 31.2 Å². The van der Waals surface area contributed by atoms with Gasteiger partial charge in [0.05, 0.1) is 24.9 Å². The molecule has 6 heteroatoms. The lowest BCUT2D eigenvalue weighted by Crippen LogP contribution is -2.38. The fourth-order valence-electron chi connectivity index (χ4n) is 3.77. The molecule has 1 aliphatic heterocycles. The van der Waals surface area contributed by atoms with Crippen LogP contribution >= 0.6 is 0 Å². The lowest BCUT2D eigenvalue weighted by Gasteiger charge is -2.29. The number of morpholine rings is 1. The number of nitrogens with zero attached hydrogens (tertiary/aromatic N) is 3. The number of hydrogen-bond donors (Lipinski definition) is 1. The van der Waals surface area contributed by atoms with E-state index in [1.54, 1.807) is 0 Å². The third-order valence-corrected chi connectivity index (χ3v) is 5.28. The molecule has 27 heavy (non-hydrogen) atoms. The van der Waals surface area contributed by atoms with E-state index in [2.05, 4.69) is 27.3 Å². The van der Waals surface area contributed by atoms with Gasteiger partial charge in [-0.15, -0.1) is 0 Å².